The summed E-state index contributed by atoms with van der Waals surface area (Å²) >= 11 is 0. The Balaban J connectivity index is 0.000000740. The van der Waals surface area contributed by atoms with Crippen molar-refractivity contribution in [2.24, 2.45) is 0 Å². The zero-order valence-electron chi connectivity index (χ0n) is 21.8. The van der Waals surface area contributed by atoms with Gasteiger partial charge < -0.3 is 15.2 Å². The summed E-state index contributed by atoms with van der Waals surface area (Å²) in [5.74, 6) is -0.822. The standard InChI is InChI=1S/C19H23NO2.C8H8O.C2H6.CH2O/c1-4-15-12-17(8-5-13(15)2)16-9-6-14(7-10-16)11-18(20-3)19(21)22;1-7-4-2-3-5-8(7)6-9;2*1-2/h5-10,12,18,20H,4,11H2,1-3H3,(H,21,22);2-6H,1H3;1-2H3;1H2. The zero-order chi connectivity index (χ0) is 26.8. The van der Waals surface area contributed by atoms with Gasteiger partial charge in [0.25, 0.3) is 0 Å². The number of carbonyl (C=O) groups excluding carboxylic acids is 2. The molecule has 0 aromatic heterocycles. The van der Waals surface area contributed by atoms with Crippen molar-refractivity contribution in [1.82, 2.24) is 5.32 Å². The van der Waals surface area contributed by atoms with Crippen molar-refractivity contribution in [1.29, 1.82) is 0 Å². The monoisotopic (exact) mass is 477 g/mol. The minimum absolute atomic E-state index is 0.486. The molecule has 3 rings (SSSR count). The first-order valence-corrected chi connectivity index (χ1v) is 11.8. The number of carboxylic acid groups (broad SMARTS) is 1. The zero-order valence-corrected chi connectivity index (χ0v) is 21.8. The Bertz CT molecular complexity index is 1030. The van der Waals surface area contributed by atoms with E-state index in [4.69, 9.17) is 9.90 Å². The van der Waals surface area contributed by atoms with Crippen molar-refractivity contribution in [2.75, 3.05) is 7.05 Å². The molecule has 0 aliphatic heterocycles. The van der Waals surface area contributed by atoms with Crippen LogP contribution in [0.5, 0.6) is 0 Å². The van der Waals surface area contributed by atoms with Gasteiger partial charge in [0, 0.05) is 5.56 Å². The number of aryl methyl sites for hydroxylation is 3. The van der Waals surface area contributed by atoms with Gasteiger partial charge in [-0.05, 0) is 67.1 Å². The molecule has 0 aliphatic rings. The fraction of sp³-hybridized carbons (Fsp3) is 0.300. The van der Waals surface area contributed by atoms with E-state index in [2.05, 4.69) is 49.5 Å². The van der Waals surface area contributed by atoms with Gasteiger partial charge in [-0.25, -0.2) is 0 Å². The highest BCUT2D eigenvalue weighted by molar-refractivity contribution is 5.76. The Labute approximate surface area is 210 Å². The maximum Gasteiger partial charge on any atom is 0.321 e. The van der Waals surface area contributed by atoms with Crippen LogP contribution in [0.4, 0.5) is 0 Å². The molecule has 0 radical (unpaired) electrons. The number of carboxylic acids is 1. The Morgan fingerprint density at radius 1 is 0.943 bits per heavy atom. The van der Waals surface area contributed by atoms with Crippen LogP contribution in [0.1, 0.15) is 53.4 Å². The molecule has 5 nitrogen and oxygen atoms in total. The van der Waals surface area contributed by atoms with Crippen LogP contribution in [-0.2, 0) is 22.4 Å². The molecular weight excluding hydrogens is 438 g/mol. The smallest absolute Gasteiger partial charge is 0.321 e. The molecular formula is C30H39NO4. The summed E-state index contributed by atoms with van der Waals surface area (Å²) in [7, 11) is 1.67. The summed E-state index contributed by atoms with van der Waals surface area (Å²) in [6, 6.07) is 21.6. The van der Waals surface area contributed by atoms with Crippen LogP contribution in [0.3, 0.4) is 0 Å². The van der Waals surface area contributed by atoms with E-state index < -0.39 is 12.0 Å². The Morgan fingerprint density at radius 2 is 1.51 bits per heavy atom. The minimum Gasteiger partial charge on any atom is -0.480 e. The summed E-state index contributed by atoms with van der Waals surface area (Å²) < 4.78 is 0. The molecule has 1 unspecified atom stereocenters. The summed E-state index contributed by atoms with van der Waals surface area (Å²) in [4.78, 5) is 29.3. The number of aldehydes is 1. The second-order valence-electron chi connectivity index (χ2n) is 7.55. The van der Waals surface area contributed by atoms with Gasteiger partial charge in [0.15, 0.2) is 0 Å². The second-order valence-corrected chi connectivity index (χ2v) is 7.55. The molecule has 5 heteroatoms. The molecule has 0 saturated carbocycles. The lowest BCUT2D eigenvalue weighted by atomic mass is 9.97. The van der Waals surface area contributed by atoms with Gasteiger partial charge in [-0.1, -0.05) is 87.5 Å². The van der Waals surface area contributed by atoms with Crippen molar-refractivity contribution in [2.45, 2.75) is 53.5 Å². The normalized spacial score (nSPS) is 10.2. The number of hydrogen-bond acceptors (Lipinski definition) is 4. The Morgan fingerprint density at radius 3 is 1.97 bits per heavy atom. The lowest BCUT2D eigenvalue weighted by Crippen LogP contribution is -2.35. The van der Waals surface area contributed by atoms with Gasteiger partial charge in [0.1, 0.15) is 19.1 Å². The van der Waals surface area contributed by atoms with Gasteiger partial charge in [0.05, 0.1) is 0 Å². The topological polar surface area (TPSA) is 83.5 Å². The van der Waals surface area contributed by atoms with E-state index in [1.807, 2.05) is 64.0 Å². The van der Waals surface area contributed by atoms with Gasteiger partial charge in [-0.15, -0.1) is 0 Å². The van der Waals surface area contributed by atoms with Crippen molar-refractivity contribution in [3.8, 4) is 11.1 Å². The van der Waals surface area contributed by atoms with E-state index >= 15 is 0 Å². The fourth-order valence-corrected chi connectivity index (χ4v) is 3.33. The van der Waals surface area contributed by atoms with Crippen LogP contribution in [0, 0.1) is 13.8 Å². The molecule has 0 spiro atoms. The molecule has 3 aromatic rings. The molecule has 3 aromatic carbocycles. The highest BCUT2D eigenvalue weighted by Crippen LogP contribution is 2.23. The molecule has 0 saturated heterocycles. The highest BCUT2D eigenvalue weighted by Gasteiger charge is 2.15. The van der Waals surface area contributed by atoms with Crippen LogP contribution in [0.2, 0.25) is 0 Å². The van der Waals surface area contributed by atoms with Gasteiger partial charge >= 0.3 is 5.97 Å². The maximum absolute atomic E-state index is 11.1. The van der Waals surface area contributed by atoms with E-state index in [0.717, 1.165) is 35.0 Å². The van der Waals surface area contributed by atoms with Gasteiger partial charge in [-0.3, -0.25) is 9.59 Å². The first-order valence-electron chi connectivity index (χ1n) is 11.8. The molecule has 0 aliphatic carbocycles. The van der Waals surface area contributed by atoms with E-state index in [-0.39, 0.29) is 0 Å². The molecule has 188 valence electrons. The molecule has 0 bridgehead atoms. The lowest BCUT2D eigenvalue weighted by molar-refractivity contribution is -0.139. The molecule has 0 heterocycles. The van der Waals surface area contributed by atoms with Gasteiger partial charge in [0.2, 0.25) is 0 Å². The first kappa shape index (κ1) is 31.4. The number of nitrogens with one attached hydrogen (secondary N) is 1. The summed E-state index contributed by atoms with van der Waals surface area (Å²) in [6.07, 6.45) is 2.38. The third-order valence-corrected chi connectivity index (χ3v) is 5.42. The van der Waals surface area contributed by atoms with E-state index in [1.165, 1.54) is 16.7 Å². The van der Waals surface area contributed by atoms with E-state index in [0.29, 0.717) is 6.42 Å². The van der Waals surface area contributed by atoms with Crippen molar-refractivity contribution in [3.05, 3.63) is 94.5 Å². The fourth-order valence-electron chi connectivity index (χ4n) is 3.33. The Hall–Kier alpha value is -3.57. The lowest BCUT2D eigenvalue weighted by Gasteiger charge is -2.12. The Kier molecular flexibility index (Phi) is 16.0. The van der Waals surface area contributed by atoms with Crippen LogP contribution in [-0.4, -0.2) is 37.2 Å². The first-order chi connectivity index (χ1) is 16.9. The maximum atomic E-state index is 11.1. The van der Waals surface area contributed by atoms with Crippen LogP contribution < -0.4 is 5.32 Å². The minimum atomic E-state index is -0.822. The molecule has 2 N–H and O–H groups in total. The van der Waals surface area contributed by atoms with Crippen molar-refractivity contribution >= 4 is 19.0 Å². The molecule has 1 atom stereocenters. The number of carbonyl (C=O) groups is 3. The predicted octanol–water partition coefficient (Wildman–Crippen LogP) is 6.09. The largest absolute Gasteiger partial charge is 0.480 e. The molecule has 35 heavy (non-hydrogen) atoms. The third kappa shape index (κ3) is 10.5. The number of likely N-dealkylation sites (N-methyl/N-ethyl adjacent to an activating group) is 1. The summed E-state index contributed by atoms with van der Waals surface area (Å²) in [5, 5.41) is 11.9. The molecule has 0 fully saturated rings. The average molecular weight is 478 g/mol. The summed E-state index contributed by atoms with van der Waals surface area (Å²) in [5.41, 5.74) is 7.88. The van der Waals surface area contributed by atoms with Gasteiger partial charge in [-0.2, -0.15) is 0 Å². The summed E-state index contributed by atoms with van der Waals surface area (Å²) in [6.45, 7) is 12.2. The van der Waals surface area contributed by atoms with E-state index in [1.54, 1.807) is 7.05 Å². The number of rotatable bonds is 7. The van der Waals surface area contributed by atoms with Crippen molar-refractivity contribution < 1.29 is 19.5 Å². The number of aliphatic carboxylic acids is 1. The highest BCUT2D eigenvalue weighted by atomic mass is 16.4. The van der Waals surface area contributed by atoms with E-state index in [9.17, 15) is 9.59 Å². The number of benzene rings is 3. The average Bonchev–Trinajstić information content (AvgIpc) is 2.91. The van der Waals surface area contributed by atoms with Crippen LogP contribution >= 0.6 is 0 Å². The van der Waals surface area contributed by atoms with Crippen LogP contribution in [0.15, 0.2) is 66.7 Å². The second kappa shape index (κ2) is 17.8. The molecule has 0 amide bonds. The third-order valence-electron chi connectivity index (χ3n) is 5.42. The van der Waals surface area contributed by atoms with Crippen LogP contribution in [0.25, 0.3) is 11.1 Å². The number of hydrogen-bond donors (Lipinski definition) is 2. The SMILES string of the molecule is C=O.CC.CCc1cc(-c2ccc(CC(NC)C(=O)O)cc2)ccc1C.Cc1ccccc1C=O. The van der Waals surface area contributed by atoms with Crippen molar-refractivity contribution in [3.63, 3.8) is 0 Å². The quantitative estimate of drug-likeness (QED) is 0.403. The predicted molar refractivity (Wildman–Crippen MR) is 145 cm³/mol.